The number of aromatic amines is 1. The molecule has 4 rings (SSSR count). The Balaban J connectivity index is 1.57. The van der Waals surface area contributed by atoms with Gasteiger partial charge in [-0.1, -0.05) is 38.1 Å². The maximum absolute atomic E-state index is 6.03. The van der Waals surface area contributed by atoms with Gasteiger partial charge in [-0.2, -0.15) is 0 Å². The number of ether oxygens (including phenoxy) is 2. The highest BCUT2D eigenvalue weighted by atomic mass is 16.5. The van der Waals surface area contributed by atoms with E-state index in [1.54, 1.807) is 7.11 Å². The maximum atomic E-state index is 6.03. The number of nitrogens with zero attached hydrogens (tertiary/aromatic N) is 1. The summed E-state index contributed by atoms with van der Waals surface area (Å²) in [5.74, 6) is 1.59. The zero-order valence-electron chi connectivity index (χ0n) is 17.6. The van der Waals surface area contributed by atoms with Crippen LogP contribution in [-0.4, -0.2) is 49.8 Å². The molecule has 0 aliphatic carbocycles. The normalized spacial score (nSPS) is 16.2. The zero-order valence-corrected chi connectivity index (χ0v) is 17.6. The first-order valence-corrected chi connectivity index (χ1v) is 10.6. The number of fused-ring (bicyclic) bond motifs is 3. The van der Waals surface area contributed by atoms with Gasteiger partial charge in [0.1, 0.15) is 6.61 Å². The van der Waals surface area contributed by atoms with Gasteiger partial charge in [0.15, 0.2) is 11.5 Å². The number of likely N-dealkylation sites (N-methyl/N-ethyl adjacent to an activating group) is 1. The first-order chi connectivity index (χ1) is 14.2. The van der Waals surface area contributed by atoms with Crippen LogP contribution in [0.2, 0.25) is 0 Å². The smallest absolute Gasteiger partial charge is 0.161 e. The molecule has 29 heavy (non-hydrogen) atoms. The van der Waals surface area contributed by atoms with Gasteiger partial charge in [-0.25, -0.2) is 0 Å². The molecule has 1 aliphatic rings. The summed E-state index contributed by atoms with van der Waals surface area (Å²) in [6.45, 7) is 8.96. The van der Waals surface area contributed by atoms with E-state index in [9.17, 15) is 0 Å². The van der Waals surface area contributed by atoms with E-state index < -0.39 is 0 Å². The minimum Gasteiger partial charge on any atom is -0.493 e. The molecule has 0 spiro atoms. The number of methoxy groups -OCH3 is 1. The van der Waals surface area contributed by atoms with Gasteiger partial charge in [0.25, 0.3) is 0 Å². The van der Waals surface area contributed by atoms with Crippen LogP contribution in [0, 0.1) is 0 Å². The molecule has 1 aliphatic heterocycles. The number of hydrogen-bond donors (Lipinski definition) is 2. The van der Waals surface area contributed by atoms with Crippen LogP contribution in [0.3, 0.4) is 0 Å². The lowest BCUT2D eigenvalue weighted by Crippen LogP contribution is -2.30. The molecule has 1 aromatic heterocycles. The van der Waals surface area contributed by atoms with Crippen molar-refractivity contribution >= 4 is 10.9 Å². The standard InChI is InChI=1S/C24H31N3O2/c1-4-27(5-2)14-15-29-21-11-10-17(16-22(21)28-3)23-24-19(12-13-25-23)18-8-6-7-9-20(18)26-24/h6-11,16,23,25-26H,4-5,12-15H2,1-3H3. The van der Waals surface area contributed by atoms with Gasteiger partial charge in [-0.15, -0.1) is 0 Å². The first-order valence-electron chi connectivity index (χ1n) is 10.6. The summed E-state index contributed by atoms with van der Waals surface area (Å²) in [6.07, 6.45) is 1.04. The molecule has 0 saturated heterocycles. The quantitative estimate of drug-likeness (QED) is 0.604. The minimum absolute atomic E-state index is 0.129. The van der Waals surface area contributed by atoms with Crippen LogP contribution < -0.4 is 14.8 Å². The van der Waals surface area contributed by atoms with Gasteiger partial charge < -0.3 is 24.7 Å². The molecular weight excluding hydrogens is 362 g/mol. The monoisotopic (exact) mass is 393 g/mol. The van der Waals surface area contributed by atoms with Crippen molar-refractivity contribution in [2.24, 2.45) is 0 Å². The van der Waals surface area contributed by atoms with E-state index in [0.29, 0.717) is 6.61 Å². The number of hydrogen-bond acceptors (Lipinski definition) is 4. The summed E-state index contributed by atoms with van der Waals surface area (Å²) in [7, 11) is 1.71. The lowest BCUT2D eigenvalue weighted by atomic mass is 9.94. The number of para-hydroxylation sites is 1. The molecule has 5 heteroatoms. The van der Waals surface area contributed by atoms with Gasteiger partial charge in [-0.3, -0.25) is 0 Å². The van der Waals surface area contributed by atoms with Crippen molar-refractivity contribution in [1.29, 1.82) is 0 Å². The summed E-state index contributed by atoms with van der Waals surface area (Å²) < 4.78 is 11.7. The Bertz CT molecular complexity index is 962. The molecule has 3 aromatic rings. The topological polar surface area (TPSA) is 49.5 Å². The van der Waals surface area contributed by atoms with Crippen LogP contribution in [-0.2, 0) is 6.42 Å². The second-order valence-corrected chi connectivity index (χ2v) is 7.49. The lowest BCUT2D eigenvalue weighted by molar-refractivity contribution is 0.217. The Morgan fingerprint density at radius 2 is 1.90 bits per heavy atom. The fraction of sp³-hybridized carbons (Fsp3) is 0.417. The molecule has 1 unspecified atom stereocenters. The Labute approximate surface area is 173 Å². The molecule has 2 aromatic carbocycles. The van der Waals surface area contributed by atoms with Crippen LogP contribution in [0.1, 0.15) is 36.7 Å². The van der Waals surface area contributed by atoms with Crippen LogP contribution in [0.5, 0.6) is 11.5 Å². The predicted molar refractivity (Wildman–Crippen MR) is 118 cm³/mol. The van der Waals surface area contributed by atoms with E-state index >= 15 is 0 Å². The molecule has 2 heterocycles. The van der Waals surface area contributed by atoms with E-state index in [-0.39, 0.29) is 6.04 Å². The molecule has 154 valence electrons. The van der Waals surface area contributed by atoms with Gasteiger partial charge in [-0.05, 0) is 48.8 Å². The second-order valence-electron chi connectivity index (χ2n) is 7.49. The van der Waals surface area contributed by atoms with E-state index in [1.165, 1.54) is 27.7 Å². The molecular formula is C24H31N3O2. The average Bonchev–Trinajstić information content (AvgIpc) is 3.15. The lowest BCUT2D eigenvalue weighted by Gasteiger charge is -2.25. The van der Waals surface area contributed by atoms with Crippen LogP contribution >= 0.6 is 0 Å². The largest absolute Gasteiger partial charge is 0.493 e. The van der Waals surface area contributed by atoms with Gasteiger partial charge in [0, 0.05) is 29.7 Å². The van der Waals surface area contributed by atoms with Crippen LogP contribution in [0.15, 0.2) is 42.5 Å². The highest BCUT2D eigenvalue weighted by molar-refractivity contribution is 5.85. The summed E-state index contributed by atoms with van der Waals surface area (Å²) >= 11 is 0. The fourth-order valence-electron chi connectivity index (χ4n) is 4.27. The number of nitrogens with one attached hydrogen (secondary N) is 2. The van der Waals surface area contributed by atoms with E-state index in [2.05, 4.69) is 65.4 Å². The zero-order chi connectivity index (χ0) is 20.2. The maximum Gasteiger partial charge on any atom is 0.161 e. The van der Waals surface area contributed by atoms with E-state index in [1.807, 2.05) is 6.07 Å². The Morgan fingerprint density at radius 1 is 1.07 bits per heavy atom. The van der Waals surface area contributed by atoms with Crippen molar-refractivity contribution in [2.45, 2.75) is 26.3 Å². The van der Waals surface area contributed by atoms with Crippen molar-refractivity contribution in [1.82, 2.24) is 15.2 Å². The average molecular weight is 394 g/mol. The molecule has 1 atom stereocenters. The molecule has 2 N–H and O–H groups in total. The fourth-order valence-corrected chi connectivity index (χ4v) is 4.27. The third kappa shape index (κ3) is 3.98. The van der Waals surface area contributed by atoms with Crippen LogP contribution in [0.4, 0.5) is 0 Å². The number of rotatable bonds is 8. The summed E-state index contributed by atoms with van der Waals surface area (Å²) in [5.41, 5.74) is 5.07. The molecule has 5 nitrogen and oxygen atoms in total. The van der Waals surface area contributed by atoms with Gasteiger partial charge in [0.05, 0.1) is 13.2 Å². The summed E-state index contributed by atoms with van der Waals surface area (Å²) in [5, 5.41) is 4.99. The molecule has 0 fully saturated rings. The molecule has 0 bridgehead atoms. The predicted octanol–water partition coefficient (Wildman–Crippen LogP) is 4.13. The van der Waals surface area contributed by atoms with Crippen molar-refractivity contribution < 1.29 is 9.47 Å². The van der Waals surface area contributed by atoms with E-state index in [0.717, 1.165) is 44.1 Å². The van der Waals surface area contributed by atoms with E-state index in [4.69, 9.17) is 9.47 Å². The SMILES string of the molecule is CCN(CC)CCOc1ccc(C2NCCc3c2[nH]c2ccccc32)cc1OC. The number of benzene rings is 2. The van der Waals surface area contributed by atoms with Crippen molar-refractivity contribution in [3.05, 3.63) is 59.3 Å². The van der Waals surface area contributed by atoms with Gasteiger partial charge >= 0.3 is 0 Å². The summed E-state index contributed by atoms with van der Waals surface area (Å²) in [4.78, 5) is 5.99. The Morgan fingerprint density at radius 3 is 2.69 bits per heavy atom. The molecule has 0 radical (unpaired) electrons. The molecule has 0 amide bonds. The third-order valence-corrected chi connectivity index (χ3v) is 5.94. The third-order valence-electron chi connectivity index (χ3n) is 5.94. The van der Waals surface area contributed by atoms with Crippen molar-refractivity contribution in [2.75, 3.05) is 39.9 Å². The minimum atomic E-state index is 0.129. The number of H-pyrrole nitrogens is 1. The number of aromatic nitrogens is 1. The molecule has 0 saturated carbocycles. The summed E-state index contributed by atoms with van der Waals surface area (Å²) in [6, 6.07) is 15.0. The highest BCUT2D eigenvalue weighted by Gasteiger charge is 2.25. The highest BCUT2D eigenvalue weighted by Crippen LogP contribution is 2.36. The second kappa shape index (κ2) is 8.89. The van der Waals surface area contributed by atoms with Crippen molar-refractivity contribution in [3.8, 4) is 11.5 Å². The Kier molecular flexibility index (Phi) is 6.07. The Hall–Kier alpha value is -2.50. The van der Waals surface area contributed by atoms with Crippen molar-refractivity contribution in [3.63, 3.8) is 0 Å². The van der Waals surface area contributed by atoms with Gasteiger partial charge in [0.2, 0.25) is 0 Å². The first kappa shape index (κ1) is 19.8. The van der Waals surface area contributed by atoms with Crippen LogP contribution in [0.25, 0.3) is 10.9 Å².